The SMILES string of the molecule is CC#CCC(NCC)c1ccc(Cl)cn1. The molecule has 0 aliphatic rings. The van der Waals surface area contributed by atoms with E-state index in [1.54, 1.807) is 6.20 Å². The zero-order chi connectivity index (χ0) is 11.1. The number of hydrogen-bond acceptors (Lipinski definition) is 2. The molecular weight excluding hydrogens is 208 g/mol. The van der Waals surface area contributed by atoms with Gasteiger partial charge in [0.2, 0.25) is 0 Å². The van der Waals surface area contributed by atoms with Crippen molar-refractivity contribution in [1.29, 1.82) is 0 Å². The summed E-state index contributed by atoms with van der Waals surface area (Å²) in [5.41, 5.74) is 0.990. The van der Waals surface area contributed by atoms with Crippen LogP contribution < -0.4 is 5.32 Å². The van der Waals surface area contributed by atoms with E-state index in [2.05, 4.69) is 29.1 Å². The molecule has 1 rings (SSSR count). The van der Waals surface area contributed by atoms with Gasteiger partial charge in [-0.05, 0) is 25.6 Å². The fourth-order valence-electron chi connectivity index (χ4n) is 1.33. The molecule has 3 heteroatoms. The molecule has 0 aromatic carbocycles. The molecule has 0 aliphatic heterocycles. The highest BCUT2D eigenvalue weighted by Gasteiger charge is 2.09. The van der Waals surface area contributed by atoms with Crippen molar-refractivity contribution in [3.63, 3.8) is 0 Å². The molecule has 0 saturated heterocycles. The number of pyridine rings is 1. The minimum absolute atomic E-state index is 0.194. The predicted octanol–water partition coefficient (Wildman–Crippen LogP) is 2.80. The first-order chi connectivity index (χ1) is 7.27. The molecule has 80 valence electrons. The fraction of sp³-hybridized carbons (Fsp3) is 0.417. The Hall–Kier alpha value is -1.04. The third kappa shape index (κ3) is 3.91. The minimum Gasteiger partial charge on any atom is -0.308 e. The van der Waals surface area contributed by atoms with Crippen molar-refractivity contribution in [1.82, 2.24) is 10.3 Å². The summed E-state index contributed by atoms with van der Waals surface area (Å²) in [6.07, 6.45) is 2.44. The van der Waals surface area contributed by atoms with Gasteiger partial charge in [0.05, 0.1) is 16.8 Å². The van der Waals surface area contributed by atoms with Gasteiger partial charge in [-0.2, -0.15) is 0 Å². The van der Waals surface area contributed by atoms with Crippen LogP contribution in [0.15, 0.2) is 18.3 Å². The maximum Gasteiger partial charge on any atom is 0.0605 e. The van der Waals surface area contributed by atoms with E-state index in [-0.39, 0.29) is 6.04 Å². The van der Waals surface area contributed by atoms with Crippen molar-refractivity contribution < 1.29 is 0 Å². The number of aromatic nitrogens is 1. The maximum absolute atomic E-state index is 5.79. The van der Waals surface area contributed by atoms with E-state index in [4.69, 9.17) is 11.6 Å². The van der Waals surface area contributed by atoms with Gasteiger partial charge >= 0.3 is 0 Å². The quantitative estimate of drug-likeness (QED) is 0.793. The molecule has 2 nitrogen and oxygen atoms in total. The molecule has 1 heterocycles. The second-order valence-corrected chi connectivity index (χ2v) is 3.58. The van der Waals surface area contributed by atoms with Crippen molar-refractivity contribution in [3.8, 4) is 11.8 Å². The summed E-state index contributed by atoms with van der Waals surface area (Å²) in [5, 5.41) is 4.01. The van der Waals surface area contributed by atoms with E-state index in [0.29, 0.717) is 5.02 Å². The van der Waals surface area contributed by atoms with E-state index in [0.717, 1.165) is 18.7 Å². The average molecular weight is 223 g/mol. The summed E-state index contributed by atoms with van der Waals surface area (Å²) in [5.74, 6) is 5.95. The van der Waals surface area contributed by atoms with E-state index in [1.165, 1.54) is 0 Å². The van der Waals surface area contributed by atoms with Crippen LogP contribution in [0.4, 0.5) is 0 Å². The molecule has 0 fully saturated rings. The summed E-state index contributed by atoms with van der Waals surface area (Å²) in [6, 6.07) is 3.99. The maximum atomic E-state index is 5.79. The van der Waals surface area contributed by atoms with Crippen LogP contribution in [0.25, 0.3) is 0 Å². The number of hydrogen-bond donors (Lipinski definition) is 1. The second-order valence-electron chi connectivity index (χ2n) is 3.14. The summed E-state index contributed by atoms with van der Waals surface area (Å²) in [7, 11) is 0. The zero-order valence-electron chi connectivity index (χ0n) is 9.05. The Kier molecular flexibility index (Phi) is 5.17. The Morgan fingerprint density at radius 1 is 1.53 bits per heavy atom. The van der Waals surface area contributed by atoms with Crippen molar-refractivity contribution in [2.75, 3.05) is 6.54 Å². The molecule has 1 aromatic rings. The summed E-state index contributed by atoms with van der Waals surface area (Å²) < 4.78 is 0. The molecule has 0 saturated carbocycles. The van der Waals surface area contributed by atoms with Gasteiger partial charge in [0.25, 0.3) is 0 Å². The number of nitrogens with one attached hydrogen (secondary N) is 1. The summed E-state index contributed by atoms with van der Waals surface area (Å²) in [4.78, 5) is 4.29. The number of nitrogens with zero attached hydrogens (tertiary/aromatic N) is 1. The van der Waals surface area contributed by atoms with Crippen LogP contribution in [0.1, 0.15) is 32.0 Å². The first kappa shape index (κ1) is 12.0. The van der Waals surface area contributed by atoms with Crippen LogP contribution in [0.3, 0.4) is 0 Å². The molecule has 1 aromatic heterocycles. The third-order valence-corrected chi connectivity index (χ3v) is 2.26. The van der Waals surface area contributed by atoms with Crippen LogP contribution in [-0.4, -0.2) is 11.5 Å². The molecule has 0 aliphatic carbocycles. The van der Waals surface area contributed by atoms with Crippen LogP contribution >= 0.6 is 11.6 Å². The molecule has 0 amide bonds. The van der Waals surface area contributed by atoms with Gasteiger partial charge in [-0.15, -0.1) is 11.8 Å². The predicted molar refractivity (Wildman–Crippen MR) is 63.7 cm³/mol. The topological polar surface area (TPSA) is 24.9 Å². The normalized spacial score (nSPS) is 11.7. The average Bonchev–Trinajstić information content (AvgIpc) is 2.25. The highest BCUT2D eigenvalue weighted by molar-refractivity contribution is 6.30. The summed E-state index contributed by atoms with van der Waals surface area (Å²) in [6.45, 7) is 4.82. The lowest BCUT2D eigenvalue weighted by molar-refractivity contribution is 0.551. The highest BCUT2D eigenvalue weighted by atomic mass is 35.5. The van der Waals surface area contributed by atoms with Crippen molar-refractivity contribution >= 4 is 11.6 Å². The van der Waals surface area contributed by atoms with Gasteiger partial charge in [0.1, 0.15) is 0 Å². The van der Waals surface area contributed by atoms with Gasteiger partial charge in [0, 0.05) is 12.6 Å². The van der Waals surface area contributed by atoms with Gasteiger partial charge in [-0.3, -0.25) is 4.98 Å². The van der Waals surface area contributed by atoms with Crippen molar-refractivity contribution in [2.45, 2.75) is 26.3 Å². The highest BCUT2D eigenvalue weighted by Crippen LogP contribution is 2.15. The van der Waals surface area contributed by atoms with Crippen molar-refractivity contribution in [2.24, 2.45) is 0 Å². The number of rotatable bonds is 4. The smallest absolute Gasteiger partial charge is 0.0605 e. The molecule has 0 spiro atoms. The molecular formula is C12H15ClN2. The van der Waals surface area contributed by atoms with Crippen LogP contribution in [-0.2, 0) is 0 Å². The molecule has 15 heavy (non-hydrogen) atoms. The van der Waals surface area contributed by atoms with Crippen LogP contribution in [0.5, 0.6) is 0 Å². The second kappa shape index (κ2) is 6.44. The lowest BCUT2D eigenvalue weighted by Gasteiger charge is -2.14. The standard InChI is InChI=1S/C12H15ClN2/c1-3-5-6-11(14-4-2)12-8-7-10(13)9-15-12/h7-9,11,14H,4,6H2,1-2H3. The fourth-order valence-corrected chi connectivity index (χ4v) is 1.44. The van der Waals surface area contributed by atoms with E-state index < -0.39 is 0 Å². The lowest BCUT2D eigenvalue weighted by Crippen LogP contribution is -2.21. The zero-order valence-corrected chi connectivity index (χ0v) is 9.80. The molecule has 1 N–H and O–H groups in total. The molecule has 0 radical (unpaired) electrons. The van der Waals surface area contributed by atoms with Crippen molar-refractivity contribution in [3.05, 3.63) is 29.0 Å². The summed E-state index contributed by atoms with van der Waals surface area (Å²) >= 11 is 5.79. The minimum atomic E-state index is 0.194. The van der Waals surface area contributed by atoms with Gasteiger partial charge in [-0.25, -0.2) is 0 Å². The van der Waals surface area contributed by atoms with E-state index in [1.807, 2.05) is 19.1 Å². The van der Waals surface area contributed by atoms with Gasteiger partial charge in [-0.1, -0.05) is 18.5 Å². The largest absolute Gasteiger partial charge is 0.308 e. The number of halogens is 1. The van der Waals surface area contributed by atoms with E-state index >= 15 is 0 Å². The monoisotopic (exact) mass is 222 g/mol. The van der Waals surface area contributed by atoms with Gasteiger partial charge < -0.3 is 5.32 Å². The van der Waals surface area contributed by atoms with Crippen LogP contribution in [0.2, 0.25) is 5.02 Å². The first-order valence-electron chi connectivity index (χ1n) is 5.02. The Morgan fingerprint density at radius 2 is 2.33 bits per heavy atom. The Balaban J connectivity index is 2.76. The Labute approximate surface area is 96.1 Å². The Morgan fingerprint density at radius 3 is 2.87 bits per heavy atom. The lowest BCUT2D eigenvalue weighted by atomic mass is 10.1. The van der Waals surface area contributed by atoms with Gasteiger partial charge in [0.15, 0.2) is 0 Å². The first-order valence-corrected chi connectivity index (χ1v) is 5.40. The van der Waals surface area contributed by atoms with E-state index in [9.17, 15) is 0 Å². The molecule has 1 unspecified atom stereocenters. The Bertz CT molecular complexity index is 348. The molecule has 0 bridgehead atoms. The third-order valence-electron chi connectivity index (χ3n) is 2.04. The molecule has 1 atom stereocenters. The van der Waals surface area contributed by atoms with Crippen LogP contribution in [0, 0.1) is 11.8 Å².